The summed E-state index contributed by atoms with van der Waals surface area (Å²) >= 11 is 5.91. The quantitative estimate of drug-likeness (QED) is 0.792. The molecule has 0 aliphatic carbocycles. The number of pyridine rings is 1. The van der Waals surface area contributed by atoms with Crippen LogP contribution in [-0.4, -0.2) is 28.8 Å². The van der Waals surface area contributed by atoms with Crippen molar-refractivity contribution in [3.63, 3.8) is 0 Å². The Morgan fingerprint density at radius 3 is 2.94 bits per heavy atom. The minimum atomic E-state index is -0.606. The molecule has 1 atom stereocenters. The van der Waals surface area contributed by atoms with E-state index in [1.807, 2.05) is 6.92 Å². The fraction of sp³-hybridized carbons (Fsp3) is 0.538. The van der Waals surface area contributed by atoms with Crippen molar-refractivity contribution in [2.24, 2.45) is 0 Å². The lowest BCUT2D eigenvalue weighted by molar-refractivity contribution is 0.0481. The average molecular weight is 266 g/mol. The second-order valence-electron chi connectivity index (χ2n) is 4.99. The van der Waals surface area contributed by atoms with Crippen LogP contribution < -0.4 is 4.90 Å². The summed E-state index contributed by atoms with van der Waals surface area (Å²) in [7, 11) is 0. The van der Waals surface area contributed by atoms with Crippen molar-refractivity contribution in [3.05, 3.63) is 22.8 Å². The van der Waals surface area contributed by atoms with Gasteiger partial charge in [-0.15, -0.1) is 0 Å². The zero-order chi connectivity index (χ0) is 13.2. The first-order chi connectivity index (χ1) is 8.50. The van der Waals surface area contributed by atoms with Crippen molar-refractivity contribution in [1.82, 2.24) is 4.98 Å². The molecule has 1 unspecified atom stereocenters. The Morgan fingerprint density at radius 1 is 1.44 bits per heavy atom. The van der Waals surface area contributed by atoms with E-state index in [2.05, 4.69) is 16.0 Å². The zero-order valence-corrected chi connectivity index (χ0v) is 11.1. The topological polar surface area (TPSA) is 60.1 Å². The van der Waals surface area contributed by atoms with Crippen molar-refractivity contribution >= 4 is 17.4 Å². The SMILES string of the molecule is CC1(O)CCCN(c2cc(C#N)cc(Cl)n2)CC1. The Kier molecular flexibility index (Phi) is 3.74. The number of rotatable bonds is 1. The molecule has 4 nitrogen and oxygen atoms in total. The molecular weight excluding hydrogens is 250 g/mol. The maximum atomic E-state index is 10.0. The summed E-state index contributed by atoms with van der Waals surface area (Å²) in [4.78, 5) is 6.33. The molecule has 1 aromatic heterocycles. The van der Waals surface area contributed by atoms with E-state index < -0.39 is 5.60 Å². The van der Waals surface area contributed by atoms with Gasteiger partial charge in [0.05, 0.1) is 17.2 Å². The fourth-order valence-electron chi connectivity index (χ4n) is 2.20. The van der Waals surface area contributed by atoms with Crippen LogP contribution in [0.25, 0.3) is 0 Å². The molecule has 1 saturated heterocycles. The lowest BCUT2D eigenvalue weighted by Gasteiger charge is -2.23. The van der Waals surface area contributed by atoms with Crippen LogP contribution in [0, 0.1) is 11.3 Å². The molecule has 1 aliphatic heterocycles. The molecule has 1 aromatic rings. The molecule has 2 rings (SSSR count). The first-order valence-electron chi connectivity index (χ1n) is 6.05. The molecule has 0 aromatic carbocycles. The Labute approximate surface area is 112 Å². The van der Waals surface area contributed by atoms with E-state index in [4.69, 9.17) is 16.9 Å². The minimum Gasteiger partial charge on any atom is -0.390 e. The van der Waals surface area contributed by atoms with Crippen LogP contribution in [0.5, 0.6) is 0 Å². The molecular formula is C13H16ClN3O. The van der Waals surface area contributed by atoms with Crippen LogP contribution >= 0.6 is 11.6 Å². The molecule has 96 valence electrons. The summed E-state index contributed by atoms with van der Waals surface area (Å²) in [5.41, 5.74) is -0.0909. The van der Waals surface area contributed by atoms with E-state index in [0.29, 0.717) is 17.1 Å². The van der Waals surface area contributed by atoms with Crippen molar-refractivity contribution in [2.75, 3.05) is 18.0 Å². The maximum Gasteiger partial charge on any atom is 0.132 e. The van der Waals surface area contributed by atoms with Gasteiger partial charge in [0.15, 0.2) is 0 Å². The number of anilines is 1. The third-order valence-electron chi connectivity index (χ3n) is 3.30. The lowest BCUT2D eigenvalue weighted by Crippen LogP contribution is -2.28. The molecule has 1 N–H and O–H groups in total. The number of nitrogens with zero attached hydrogens (tertiary/aromatic N) is 3. The molecule has 0 saturated carbocycles. The molecule has 5 heteroatoms. The van der Waals surface area contributed by atoms with Crippen molar-refractivity contribution in [1.29, 1.82) is 5.26 Å². The number of hydrogen-bond acceptors (Lipinski definition) is 4. The minimum absolute atomic E-state index is 0.333. The van der Waals surface area contributed by atoms with Gasteiger partial charge in [-0.2, -0.15) is 5.26 Å². The third kappa shape index (κ3) is 3.12. The van der Waals surface area contributed by atoms with Gasteiger partial charge in [-0.05, 0) is 38.3 Å². The Bertz CT molecular complexity index is 482. The first-order valence-corrected chi connectivity index (χ1v) is 6.43. The highest BCUT2D eigenvalue weighted by atomic mass is 35.5. The summed E-state index contributed by atoms with van der Waals surface area (Å²) in [6, 6.07) is 5.38. The van der Waals surface area contributed by atoms with Gasteiger partial charge in [0.2, 0.25) is 0 Å². The first kappa shape index (κ1) is 13.1. The highest BCUT2D eigenvalue weighted by Gasteiger charge is 2.25. The molecule has 0 bridgehead atoms. The van der Waals surface area contributed by atoms with Gasteiger partial charge in [-0.25, -0.2) is 4.98 Å². The molecule has 1 aliphatic rings. The molecule has 0 radical (unpaired) electrons. The lowest BCUT2D eigenvalue weighted by atomic mass is 9.98. The smallest absolute Gasteiger partial charge is 0.132 e. The number of aliphatic hydroxyl groups is 1. The molecule has 1 fully saturated rings. The van der Waals surface area contributed by atoms with Crippen LogP contribution in [0.3, 0.4) is 0 Å². The normalized spacial score (nSPS) is 24.4. The number of halogens is 1. The fourth-order valence-corrected chi connectivity index (χ4v) is 2.41. The van der Waals surface area contributed by atoms with Gasteiger partial charge >= 0.3 is 0 Å². The molecule has 0 spiro atoms. The predicted molar refractivity (Wildman–Crippen MR) is 70.6 cm³/mol. The number of aromatic nitrogens is 1. The van der Waals surface area contributed by atoms with E-state index in [-0.39, 0.29) is 0 Å². The summed E-state index contributed by atoms with van der Waals surface area (Å²) in [6.45, 7) is 3.42. The monoisotopic (exact) mass is 265 g/mol. The third-order valence-corrected chi connectivity index (χ3v) is 3.49. The largest absolute Gasteiger partial charge is 0.390 e. The second-order valence-corrected chi connectivity index (χ2v) is 5.37. The second kappa shape index (κ2) is 5.13. The average Bonchev–Trinajstić information content (AvgIpc) is 2.49. The standard InChI is InChI=1S/C13H16ClN3O/c1-13(18)3-2-5-17(6-4-13)12-8-10(9-15)7-11(14)16-12/h7-8,18H,2-6H2,1H3. The van der Waals surface area contributed by atoms with Gasteiger partial charge < -0.3 is 10.0 Å². The summed E-state index contributed by atoms with van der Waals surface area (Å²) in [6.07, 6.45) is 2.39. The van der Waals surface area contributed by atoms with Crippen molar-refractivity contribution < 1.29 is 5.11 Å². The molecule has 2 heterocycles. The summed E-state index contributed by atoms with van der Waals surface area (Å²) in [5, 5.41) is 19.3. The number of hydrogen-bond donors (Lipinski definition) is 1. The predicted octanol–water partition coefficient (Wildman–Crippen LogP) is 2.35. The van der Waals surface area contributed by atoms with Crippen LogP contribution in [0.15, 0.2) is 12.1 Å². The van der Waals surface area contributed by atoms with Crippen molar-refractivity contribution in [3.8, 4) is 6.07 Å². The van der Waals surface area contributed by atoms with Gasteiger partial charge in [0.25, 0.3) is 0 Å². The van der Waals surface area contributed by atoms with Crippen LogP contribution in [0.4, 0.5) is 5.82 Å². The highest BCUT2D eigenvalue weighted by Crippen LogP contribution is 2.25. The van der Waals surface area contributed by atoms with E-state index in [1.165, 1.54) is 0 Å². The van der Waals surface area contributed by atoms with E-state index in [9.17, 15) is 5.11 Å². The van der Waals surface area contributed by atoms with E-state index in [1.54, 1.807) is 12.1 Å². The molecule has 18 heavy (non-hydrogen) atoms. The van der Waals surface area contributed by atoms with Crippen LogP contribution in [0.2, 0.25) is 5.15 Å². The van der Waals surface area contributed by atoms with Crippen LogP contribution in [-0.2, 0) is 0 Å². The van der Waals surface area contributed by atoms with Gasteiger partial charge in [-0.3, -0.25) is 0 Å². The van der Waals surface area contributed by atoms with Gasteiger partial charge in [0, 0.05) is 13.1 Å². The Hall–Kier alpha value is -1.31. The van der Waals surface area contributed by atoms with Crippen LogP contribution in [0.1, 0.15) is 31.7 Å². The Balaban J connectivity index is 2.21. The van der Waals surface area contributed by atoms with E-state index >= 15 is 0 Å². The zero-order valence-electron chi connectivity index (χ0n) is 10.4. The highest BCUT2D eigenvalue weighted by molar-refractivity contribution is 6.29. The summed E-state index contributed by atoms with van der Waals surface area (Å²) < 4.78 is 0. The number of nitriles is 1. The maximum absolute atomic E-state index is 10.0. The van der Waals surface area contributed by atoms with Crippen molar-refractivity contribution in [2.45, 2.75) is 31.8 Å². The summed E-state index contributed by atoms with van der Waals surface area (Å²) in [5.74, 6) is 0.719. The van der Waals surface area contributed by atoms with Gasteiger partial charge in [-0.1, -0.05) is 11.6 Å². The Morgan fingerprint density at radius 2 is 2.22 bits per heavy atom. The van der Waals surface area contributed by atoms with Gasteiger partial charge in [0.1, 0.15) is 11.0 Å². The van der Waals surface area contributed by atoms with E-state index in [0.717, 1.165) is 31.7 Å². The molecule has 0 amide bonds.